The Morgan fingerprint density at radius 1 is 1.33 bits per heavy atom. The van der Waals surface area contributed by atoms with E-state index in [4.69, 9.17) is 11.6 Å². The standard InChI is InChI=1S/C17H18ClN3OS2/c18-15-10-23-17(20-15)24-14-4-2-1-3-12(14)16(22)19-13-9-21-7-5-11(13)6-8-21/h1-4,10-11,13H,5-9H2,(H,19,22)/t13-/m0/s1. The summed E-state index contributed by atoms with van der Waals surface area (Å²) in [5.74, 6) is 0.635. The number of hydrogen-bond acceptors (Lipinski definition) is 5. The summed E-state index contributed by atoms with van der Waals surface area (Å²) in [5.41, 5.74) is 0.713. The van der Waals surface area contributed by atoms with Gasteiger partial charge < -0.3 is 10.2 Å². The molecular formula is C17H18ClN3OS2. The molecule has 0 spiro atoms. The first-order chi connectivity index (χ1) is 11.7. The van der Waals surface area contributed by atoms with E-state index in [-0.39, 0.29) is 11.9 Å². The molecular weight excluding hydrogens is 362 g/mol. The number of rotatable bonds is 4. The van der Waals surface area contributed by atoms with Gasteiger partial charge in [0.1, 0.15) is 5.15 Å². The van der Waals surface area contributed by atoms with Crippen molar-refractivity contribution >= 4 is 40.6 Å². The summed E-state index contributed by atoms with van der Waals surface area (Å²) in [6, 6.07) is 7.97. The summed E-state index contributed by atoms with van der Waals surface area (Å²) in [7, 11) is 0. The number of carbonyl (C=O) groups excluding carboxylic acids is 1. The van der Waals surface area contributed by atoms with E-state index in [1.807, 2.05) is 24.3 Å². The molecule has 126 valence electrons. The molecule has 2 bridgehead atoms. The molecule has 5 rings (SSSR count). The fourth-order valence-corrected chi connectivity index (χ4v) is 5.57. The highest BCUT2D eigenvalue weighted by Crippen LogP contribution is 2.34. The van der Waals surface area contributed by atoms with Crippen LogP contribution < -0.4 is 5.32 Å². The number of hydrogen-bond donors (Lipinski definition) is 1. The van der Waals surface area contributed by atoms with Crippen LogP contribution in [0.5, 0.6) is 0 Å². The lowest BCUT2D eigenvalue weighted by Gasteiger charge is -2.44. The largest absolute Gasteiger partial charge is 0.348 e. The first-order valence-corrected chi connectivity index (χ1v) is 10.2. The zero-order chi connectivity index (χ0) is 16.5. The predicted octanol–water partition coefficient (Wildman–Crippen LogP) is 3.77. The number of benzene rings is 1. The first-order valence-electron chi connectivity index (χ1n) is 8.10. The molecule has 1 atom stereocenters. The Morgan fingerprint density at radius 3 is 2.79 bits per heavy atom. The molecule has 3 saturated heterocycles. The molecule has 1 aromatic carbocycles. The third-order valence-corrected chi connectivity index (χ3v) is 7.09. The van der Waals surface area contributed by atoms with Crippen molar-refractivity contribution in [2.75, 3.05) is 19.6 Å². The van der Waals surface area contributed by atoms with Crippen molar-refractivity contribution in [1.29, 1.82) is 0 Å². The molecule has 3 aliphatic heterocycles. The van der Waals surface area contributed by atoms with Gasteiger partial charge in [-0.15, -0.1) is 11.3 Å². The molecule has 3 aliphatic rings. The average Bonchev–Trinajstić information content (AvgIpc) is 3.01. The van der Waals surface area contributed by atoms with Crippen LogP contribution in [0.15, 0.2) is 38.9 Å². The summed E-state index contributed by atoms with van der Waals surface area (Å²) >= 11 is 8.88. The molecule has 0 aliphatic carbocycles. The van der Waals surface area contributed by atoms with E-state index in [9.17, 15) is 4.79 Å². The predicted molar refractivity (Wildman–Crippen MR) is 98.1 cm³/mol. The summed E-state index contributed by atoms with van der Waals surface area (Å²) < 4.78 is 0.850. The van der Waals surface area contributed by atoms with Gasteiger partial charge in [0.15, 0.2) is 4.34 Å². The van der Waals surface area contributed by atoms with Crippen LogP contribution in [0.3, 0.4) is 0 Å². The minimum atomic E-state index is 0.0134. The Bertz CT molecular complexity index is 743. The fraction of sp³-hybridized carbons (Fsp3) is 0.412. The number of carbonyl (C=O) groups is 1. The van der Waals surface area contributed by atoms with Crippen LogP contribution in [0.4, 0.5) is 0 Å². The summed E-state index contributed by atoms with van der Waals surface area (Å²) in [5, 5.41) is 5.56. The van der Waals surface area contributed by atoms with Crippen molar-refractivity contribution in [3.8, 4) is 0 Å². The van der Waals surface area contributed by atoms with Crippen molar-refractivity contribution in [3.63, 3.8) is 0 Å². The topological polar surface area (TPSA) is 45.2 Å². The monoisotopic (exact) mass is 379 g/mol. The summed E-state index contributed by atoms with van der Waals surface area (Å²) in [4.78, 5) is 20.4. The van der Waals surface area contributed by atoms with Crippen LogP contribution >= 0.6 is 34.7 Å². The Morgan fingerprint density at radius 2 is 2.12 bits per heavy atom. The van der Waals surface area contributed by atoms with Gasteiger partial charge in [0, 0.05) is 22.9 Å². The van der Waals surface area contributed by atoms with Gasteiger partial charge in [0.25, 0.3) is 5.91 Å². The Labute approximate surface area is 154 Å². The SMILES string of the molecule is O=C(N[C@H]1CN2CCC1CC2)c1ccccc1Sc1nc(Cl)cs1. The molecule has 0 unspecified atom stereocenters. The molecule has 1 N–H and O–H groups in total. The maximum atomic E-state index is 12.8. The average molecular weight is 380 g/mol. The summed E-state index contributed by atoms with van der Waals surface area (Å²) in [6.45, 7) is 3.33. The maximum absolute atomic E-state index is 12.8. The second-order valence-corrected chi connectivity index (χ2v) is 8.79. The quantitative estimate of drug-likeness (QED) is 0.878. The molecule has 1 amide bonds. The van der Waals surface area contributed by atoms with Gasteiger partial charge in [-0.3, -0.25) is 4.79 Å². The number of piperidine rings is 3. The second-order valence-electron chi connectivity index (χ2n) is 6.25. The Kier molecular flexibility index (Phi) is 4.81. The summed E-state index contributed by atoms with van der Waals surface area (Å²) in [6.07, 6.45) is 2.39. The molecule has 4 heterocycles. The van der Waals surface area contributed by atoms with Crippen LogP contribution in [-0.4, -0.2) is 41.5 Å². The lowest BCUT2D eigenvalue weighted by molar-refractivity contribution is 0.0619. The highest BCUT2D eigenvalue weighted by Gasteiger charge is 2.35. The normalized spacial score (nSPS) is 25.6. The number of nitrogens with one attached hydrogen (secondary N) is 1. The highest BCUT2D eigenvalue weighted by molar-refractivity contribution is 8.01. The highest BCUT2D eigenvalue weighted by atomic mass is 35.5. The lowest BCUT2D eigenvalue weighted by atomic mass is 9.84. The maximum Gasteiger partial charge on any atom is 0.252 e. The second kappa shape index (κ2) is 7.04. The van der Waals surface area contributed by atoms with Gasteiger partial charge in [-0.1, -0.05) is 35.5 Å². The molecule has 4 nitrogen and oxygen atoms in total. The van der Waals surface area contributed by atoms with Crippen LogP contribution in [0.25, 0.3) is 0 Å². The Balaban J connectivity index is 1.50. The van der Waals surface area contributed by atoms with Crippen molar-refractivity contribution in [3.05, 3.63) is 40.4 Å². The third-order valence-electron chi connectivity index (χ3n) is 4.76. The third kappa shape index (κ3) is 3.47. The van der Waals surface area contributed by atoms with Crippen molar-refractivity contribution in [2.45, 2.75) is 28.1 Å². The number of fused-ring (bicyclic) bond motifs is 3. The van der Waals surface area contributed by atoms with E-state index in [0.29, 0.717) is 16.6 Å². The number of nitrogens with zero attached hydrogens (tertiary/aromatic N) is 2. The van der Waals surface area contributed by atoms with Gasteiger partial charge in [-0.05, 0) is 44.0 Å². The lowest BCUT2D eigenvalue weighted by Crippen LogP contribution is -2.57. The molecule has 24 heavy (non-hydrogen) atoms. The smallest absolute Gasteiger partial charge is 0.252 e. The van der Waals surface area contributed by atoms with Gasteiger partial charge in [-0.25, -0.2) is 4.98 Å². The van der Waals surface area contributed by atoms with Crippen LogP contribution in [0.2, 0.25) is 5.15 Å². The van der Waals surface area contributed by atoms with E-state index in [1.54, 1.807) is 5.38 Å². The van der Waals surface area contributed by atoms with Crippen LogP contribution in [0.1, 0.15) is 23.2 Å². The first kappa shape index (κ1) is 16.4. The molecule has 1 aromatic heterocycles. The van der Waals surface area contributed by atoms with Gasteiger partial charge in [0.05, 0.1) is 5.56 Å². The number of halogens is 1. The van der Waals surface area contributed by atoms with Gasteiger partial charge >= 0.3 is 0 Å². The van der Waals surface area contributed by atoms with Crippen LogP contribution in [-0.2, 0) is 0 Å². The minimum absolute atomic E-state index is 0.0134. The van der Waals surface area contributed by atoms with Gasteiger partial charge in [-0.2, -0.15) is 0 Å². The van der Waals surface area contributed by atoms with Crippen molar-refractivity contribution in [2.24, 2.45) is 5.92 Å². The molecule has 0 saturated carbocycles. The molecule has 7 heteroatoms. The van der Waals surface area contributed by atoms with Crippen molar-refractivity contribution in [1.82, 2.24) is 15.2 Å². The molecule has 3 fully saturated rings. The van der Waals surface area contributed by atoms with E-state index in [1.165, 1.54) is 49.0 Å². The van der Waals surface area contributed by atoms with Crippen LogP contribution in [0, 0.1) is 5.92 Å². The van der Waals surface area contributed by atoms with E-state index >= 15 is 0 Å². The Hall–Kier alpha value is -1.08. The minimum Gasteiger partial charge on any atom is -0.348 e. The zero-order valence-corrected chi connectivity index (χ0v) is 15.5. The van der Waals surface area contributed by atoms with E-state index in [2.05, 4.69) is 15.2 Å². The number of amides is 1. The molecule has 2 aromatic rings. The fourth-order valence-electron chi connectivity index (χ4n) is 3.50. The molecule has 0 radical (unpaired) electrons. The number of thiazole rings is 1. The van der Waals surface area contributed by atoms with E-state index < -0.39 is 0 Å². The zero-order valence-electron chi connectivity index (χ0n) is 13.1. The number of aromatic nitrogens is 1. The van der Waals surface area contributed by atoms with Gasteiger partial charge in [0.2, 0.25) is 0 Å². The van der Waals surface area contributed by atoms with E-state index in [0.717, 1.165) is 15.8 Å². The van der Waals surface area contributed by atoms with Crippen molar-refractivity contribution < 1.29 is 4.79 Å².